The molecule has 1 heterocycles. The Labute approximate surface area is 94.2 Å². The normalized spacial score (nSPS) is 11.2. The summed E-state index contributed by atoms with van der Waals surface area (Å²) < 4.78 is 5.17. The summed E-state index contributed by atoms with van der Waals surface area (Å²) in [6.07, 6.45) is 2.68. The van der Waals surface area contributed by atoms with Gasteiger partial charge in [-0.1, -0.05) is 0 Å². The molecule has 0 aromatic carbocycles. The van der Waals surface area contributed by atoms with Gasteiger partial charge in [0.2, 0.25) is 0 Å². The fourth-order valence-corrected chi connectivity index (χ4v) is 0.911. The van der Waals surface area contributed by atoms with Crippen LogP contribution in [-0.4, -0.2) is 35.1 Å². The van der Waals surface area contributed by atoms with E-state index < -0.39 is 5.60 Å². The van der Waals surface area contributed by atoms with Crippen LogP contribution in [0, 0.1) is 0 Å². The lowest BCUT2D eigenvalue weighted by molar-refractivity contribution is 0.0228. The summed E-state index contributed by atoms with van der Waals surface area (Å²) in [5.41, 5.74) is 5.20. The number of aromatic nitrogens is 2. The van der Waals surface area contributed by atoms with Crippen molar-refractivity contribution in [3.05, 3.63) is 18.1 Å². The molecule has 0 fully saturated rings. The molecule has 1 aromatic heterocycles. The second kappa shape index (κ2) is 4.89. The van der Waals surface area contributed by atoms with Crippen molar-refractivity contribution in [2.45, 2.75) is 19.4 Å². The molecular weight excluding hydrogens is 208 g/mol. The molecule has 6 heteroatoms. The van der Waals surface area contributed by atoms with E-state index in [0.29, 0.717) is 6.54 Å². The van der Waals surface area contributed by atoms with Crippen molar-refractivity contribution in [1.82, 2.24) is 15.3 Å². The van der Waals surface area contributed by atoms with E-state index in [4.69, 9.17) is 10.5 Å². The molecule has 0 aliphatic rings. The van der Waals surface area contributed by atoms with Crippen molar-refractivity contribution < 1.29 is 9.53 Å². The van der Waals surface area contributed by atoms with Gasteiger partial charge in [-0.2, -0.15) is 0 Å². The van der Waals surface area contributed by atoms with E-state index in [0.717, 1.165) is 0 Å². The minimum atomic E-state index is -0.406. The Hall–Kier alpha value is -1.69. The van der Waals surface area contributed by atoms with Gasteiger partial charge in [-0.3, -0.25) is 4.79 Å². The molecule has 0 spiro atoms. The molecular formula is C10H16N4O2. The van der Waals surface area contributed by atoms with E-state index in [1.165, 1.54) is 12.4 Å². The number of nitrogen functional groups attached to an aromatic ring is 1. The maximum absolute atomic E-state index is 11.6. The lowest BCUT2D eigenvalue weighted by Crippen LogP contribution is -2.40. The van der Waals surface area contributed by atoms with E-state index >= 15 is 0 Å². The first kappa shape index (κ1) is 12.4. The average Bonchev–Trinajstić information content (AvgIpc) is 2.27. The Balaban J connectivity index is 2.56. The highest BCUT2D eigenvalue weighted by atomic mass is 16.5. The number of anilines is 1. The fraction of sp³-hybridized carbons (Fsp3) is 0.500. The number of amides is 1. The molecule has 3 N–H and O–H groups in total. The number of hydrogen-bond donors (Lipinski definition) is 2. The summed E-state index contributed by atoms with van der Waals surface area (Å²) in [5, 5.41) is 2.70. The van der Waals surface area contributed by atoms with E-state index in [-0.39, 0.29) is 17.4 Å². The van der Waals surface area contributed by atoms with Gasteiger partial charge < -0.3 is 15.8 Å². The largest absolute Gasteiger partial charge is 0.382 e. The van der Waals surface area contributed by atoms with Crippen molar-refractivity contribution in [2.75, 3.05) is 19.4 Å². The number of ether oxygens (including phenoxy) is 1. The van der Waals surface area contributed by atoms with E-state index in [9.17, 15) is 4.79 Å². The Morgan fingerprint density at radius 2 is 2.19 bits per heavy atom. The van der Waals surface area contributed by atoms with Crippen molar-refractivity contribution in [3.63, 3.8) is 0 Å². The van der Waals surface area contributed by atoms with Crippen LogP contribution in [0.2, 0.25) is 0 Å². The highest BCUT2D eigenvalue weighted by molar-refractivity contribution is 5.92. The van der Waals surface area contributed by atoms with Crippen LogP contribution in [0.1, 0.15) is 24.3 Å². The lowest BCUT2D eigenvalue weighted by Gasteiger charge is -2.22. The topological polar surface area (TPSA) is 90.1 Å². The highest BCUT2D eigenvalue weighted by Gasteiger charge is 2.18. The van der Waals surface area contributed by atoms with E-state index in [1.807, 2.05) is 13.8 Å². The minimum absolute atomic E-state index is 0.237. The Bertz CT molecular complexity index is 362. The van der Waals surface area contributed by atoms with Crippen LogP contribution in [0.25, 0.3) is 0 Å². The van der Waals surface area contributed by atoms with Crippen LogP contribution in [0.3, 0.4) is 0 Å². The van der Waals surface area contributed by atoms with Gasteiger partial charge in [0.1, 0.15) is 11.5 Å². The summed E-state index contributed by atoms with van der Waals surface area (Å²) in [5.74, 6) is -0.00797. The molecule has 1 rings (SSSR count). The quantitative estimate of drug-likeness (QED) is 0.763. The number of nitrogens with two attached hydrogens (primary N) is 1. The van der Waals surface area contributed by atoms with E-state index in [2.05, 4.69) is 15.3 Å². The lowest BCUT2D eigenvalue weighted by atomic mass is 10.1. The third kappa shape index (κ3) is 3.47. The molecule has 0 bridgehead atoms. The summed E-state index contributed by atoms with van der Waals surface area (Å²) in [6.45, 7) is 4.15. The standard InChI is InChI=1S/C10H16N4O2/c1-10(2,16-3)6-14-9(15)7-4-13-8(11)5-12-7/h4-5H,6H2,1-3H3,(H2,11,13)(H,14,15). The third-order valence-corrected chi connectivity index (χ3v) is 2.13. The zero-order valence-corrected chi connectivity index (χ0v) is 9.65. The predicted molar refractivity (Wildman–Crippen MR) is 59.9 cm³/mol. The summed E-state index contributed by atoms with van der Waals surface area (Å²) in [7, 11) is 1.59. The first-order valence-electron chi connectivity index (χ1n) is 4.85. The van der Waals surface area contributed by atoms with Gasteiger partial charge >= 0.3 is 0 Å². The van der Waals surface area contributed by atoms with Crippen LogP contribution in [0.5, 0.6) is 0 Å². The maximum Gasteiger partial charge on any atom is 0.271 e. The molecule has 0 radical (unpaired) electrons. The van der Waals surface area contributed by atoms with Gasteiger partial charge in [-0.05, 0) is 13.8 Å². The van der Waals surface area contributed by atoms with Gasteiger partial charge in [0.05, 0.1) is 18.0 Å². The molecule has 0 aliphatic heterocycles. The van der Waals surface area contributed by atoms with Crippen LogP contribution >= 0.6 is 0 Å². The highest BCUT2D eigenvalue weighted by Crippen LogP contribution is 2.05. The predicted octanol–water partition coefficient (Wildman–Crippen LogP) is 0.214. The van der Waals surface area contributed by atoms with Crippen molar-refractivity contribution in [3.8, 4) is 0 Å². The van der Waals surface area contributed by atoms with Crippen molar-refractivity contribution in [1.29, 1.82) is 0 Å². The van der Waals surface area contributed by atoms with E-state index in [1.54, 1.807) is 7.11 Å². The molecule has 0 saturated heterocycles. The van der Waals surface area contributed by atoms with Crippen LogP contribution in [0.4, 0.5) is 5.82 Å². The monoisotopic (exact) mass is 224 g/mol. The van der Waals surface area contributed by atoms with Crippen LogP contribution in [-0.2, 0) is 4.74 Å². The summed E-state index contributed by atoms with van der Waals surface area (Å²) in [6, 6.07) is 0. The zero-order chi connectivity index (χ0) is 12.2. The van der Waals surface area contributed by atoms with Gasteiger partial charge in [-0.25, -0.2) is 9.97 Å². The molecule has 0 unspecified atom stereocenters. The average molecular weight is 224 g/mol. The van der Waals surface area contributed by atoms with Gasteiger partial charge in [-0.15, -0.1) is 0 Å². The second-order valence-corrected chi connectivity index (χ2v) is 3.97. The maximum atomic E-state index is 11.6. The molecule has 1 amide bonds. The van der Waals surface area contributed by atoms with Crippen LogP contribution in [0.15, 0.2) is 12.4 Å². The first-order chi connectivity index (χ1) is 7.44. The SMILES string of the molecule is COC(C)(C)CNC(=O)c1cnc(N)cn1. The number of rotatable bonds is 4. The molecule has 88 valence electrons. The third-order valence-electron chi connectivity index (χ3n) is 2.13. The zero-order valence-electron chi connectivity index (χ0n) is 9.65. The number of carbonyl (C=O) groups excluding carboxylic acids is 1. The molecule has 0 aliphatic carbocycles. The first-order valence-corrected chi connectivity index (χ1v) is 4.85. The number of carbonyl (C=O) groups is 1. The summed E-state index contributed by atoms with van der Waals surface area (Å²) in [4.78, 5) is 19.3. The number of hydrogen-bond acceptors (Lipinski definition) is 5. The van der Waals surface area contributed by atoms with Crippen molar-refractivity contribution in [2.24, 2.45) is 0 Å². The molecule has 6 nitrogen and oxygen atoms in total. The summed E-state index contributed by atoms with van der Waals surface area (Å²) >= 11 is 0. The van der Waals surface area contributed by atoms with Gasteiger partial charge in [0.15, 0.2) is 0 Å². The fourth-order valence-electron chi connectivity index (χ4n) is 0.911. The van der Waals surface area contributed by atoms with Crippen molar-refractivity contribution >= 4 is 11.7 Å². The molecule has 1 aromatic rings. The van der Waals surface area contributed by atoms with Gasteiger partial charge in [0.25, 0.3) is 5.91 Å². The number of nitrogens with one attached hydrogen (secondary N) is 1. The molecule has 0 saturated carbocycles. The Morgan fingerprint density at radius 1 is 1.50 bits per heavy atom. The second-order valence-electron chi connectivity index (χ2n) is 3.97. The number of nitrogens with zero attached hydrogens (tertiary/aromatic N) is 2. The Kier molecular flexibility index (Phi) is 3.78. The van der Waals surface area contributed by atoms with Gasteiger partial charge in [0, 0.05) is 13.7 Å². The smallest absolute Gasteiger partial charge is 0.271 e. The molecule has 0 atom stereocenters. The van der Waals surface area contributed by atoms with Crippen LogP contribution < -0.4 is 11.1 Å². The molecule has 16 heavy (non-hydrogen) atoms. The minimum Gasteiger partial charge on any atom is -0.382 e. The number of methoxy groups -OCH3 is 1. The Morgan fingerprint density at radius 3 is 2.69 bits per heavy atom.